The Morgan fingerprint density at radius 1 is 1.30 bits per heavy atom. The van der Waals surface area contributed by atoms with E-state index in [0.29, 0.717) is 19.4 Å². The maximum Gasteiger partial charge on any atom is 0.416 e. The van der Waals surface area contributed by atoms with Crippen LogP contribution in [0.3, 0.4) is 0 Å². The standard InChI is InChI=1S/C15H18F3N3O2/c1-19-14(23)20-13(22)9-21-8-4-7-12(21)10-5-2-3-6-11(10)15(16,17)18/h2-3,5-6,12H,4,7-9H2,1H3,(H2,19,20,22,23)/t12-/m0/s1. The monoisotopic (exact) mass is 329 g/mol. The van der Waals surface area contributed by atoms with E-state index >= 15 is 0 Å². The number of amides is 3. The second-order valence-electron chi connectivity index (χ2n) is 5.34. The van der Waals surface area contributed by atoms with Gasteiger partial charge < -0.3 is 5.32 Å². The molecule has 1 heterocycles. The van der Waals surface area contributed by atoms with Crippen LogP contribution in [0.1, 0.15) is 30.0 Å². The van der Waals surface area contributed by atoms with Gasteiger partial charge in [0.1, 0.15) is 0 Å². The largest absolute Gasteiger partial charge is 0.416 e. The molecule has 126 valence electrons. The third-order valence-corrected chi connectivity index (χ3v) is 3.82. The third-order valence-electron chi connectivity index (χ3n) is 3.82. The molecule has 0 unspecified atom stereocenters. The molecule has 2 rings (SSSR count). The summed E-state index contributed by atoms with van der Waals surface area (Å²) >= 11 is 0. The van der Waals surface area contributed by atoms with Crippen LogP contribution in [0, 0.1) is 0 Å². The fourth-order valence-corrected chi connectivity index (χ4v) is 2.83. The topological polar surface area (TPSA) is 61.4 Å². The van der Waals surface area contributed by atoms with Crippen molar-refractivity contribution in [2.45, 2.75) is 25.1 Å². The lowest BCUT2D eigenvalue weighted by molar-refractivity contribution is -0.138. The number of nitrogens with one attached hydrogen (secondary N) is 2. The Bertz CT molecular complexity index is 590. The summed E-state index contributed by atoms with van der Waals surface area (Å²) in [5.74, 6) is -0.541. The van der Waals surface area contributed by atoms with Crippen LogP contribution >= 0.6 is 0 Å². The second-order valence-corrected chi connectivity index (χ2v) is 5.34. The van der Waals surface area contributed by atoms with E-state index in [4.69, 9.17) is 0 Å². The highest BCUT2D eigenvalue weighted by Crippen LogP contribution is 2.39. The van der Waals surface area contributed by atoms with E-state index in [-0.39, 0.29) is 12.1 Å². The highest BCUT2D eigenvalue weighted by Gasteiger charge is 2.38. The quantitative estimate of drug-likeness (QED) is 0.894. The number of rotatable bonds is 3. The van der Waals surface area contributed by atoms with Gasteiger partial charge in [0.15, 0.2) is 0 Å². The fourth-order valence-electron chi connectivity index (χ4n) is 2.83. The number of benzene rings is 1. The summed E-state index contributed by atoms with van der Waals surface area (Å²) < 4.78 is 39.5. The zero-order valence-electron chi connectivity index (χ0n) is 12.6. The van der Waals surface area contributed by atoms with E-state index in [9.17, 15) is 22.8 Å². The van der Waals surface area contributed by atoms with Crippen LogP contribution in [-0.2, 0) is 11.0 Å². The lowest BCUT2D eigenvalue weighted by atomic mass is 9.98. The van der Waals surface area contributed by atoms with E-state index in [1.807, 2.05) is 0 Å². The summed E-state index contributed by atoms with van der Waals surface area (Å²) in [7, 11) is 1.38. The molecule has 1 saturated heterocycles. The number of halogens is 3. The number of alkyl halides is 3. The molecule has 1 atom stereocenters. The Kier molecular flexibility index (Phi) is 5.25. The van der Waals surface area contributed by atoms with Gasteiger partial charge in [0.2, 0.25) is 5.91 Å². The van der Waals surface area contributed by atoms with Crippen molar-refractivity contribution in [2.75, 3.05) is 20.1 Å². The summed E-state index contributed by atoms with van der Waals surface area (Å²) in [5, 5.41) is 4.38. The van der Waals surface area contributed by atoms with Gasteiger partial charge >= 0.3 is 12.2 Å². The Labute approximate surface area is 131 Å². The number of nitrogens with zero attached hydrogens (tertiary/aromatic N) is 1. The first-order valence-electron chi connectivity index (χ1n) is 7.24. The normalized spacial score (nSPS) is 18.7. The Balaban J connectivity index is 2.17. The minimum absolute atomic E-state index is 0.121. The predicted molar refractivity (Wildman–Crippen MR) is 77.6 cm³/mol. The molecule has 3 amide bonds. The Morgan fingerprint density at radius 3 is 2.65 bits per heavy atom. The number of carbonyl (C=O) groups excluding carboxylic acids is 2. The van der Waals surface area contributed by atoms with Gasteiger partial charge in [-0.2, -0.15) is 13.2 Å². The molecule has 1 fully saturated rings. The molecule has 1 aromatic carbocycles. The molecular weight excluding hydrogens is 311 g/mol. The van der Waals surface area contributed by atoms with Crippen molar-refractivity contribution in [3.05, 3.63) is 35.4 Å². The number of hydrogen-bond donors (Lipinski definition) is 2. The molecule has 1 aliphatic rings. The molecule has 2 N–H and O–H groups in total. The van der Waals surface area contributed by atoms with Gasteiger partial charge in [0.05, 0.1) is 12.1 Å². The van der Waals surface area contributed by atoms with E-state index < -0.39 is 29.7 Å². The summed E-state index contributed by atoms with van der Waals surface area (Å²) in [6.45, 7) is 0.391. The van der Waals surface area contributed by atoms with Gasteiger partial charge in [-0.05, 0) is 31.0 Å². The summed E-state index contributed by atoms with van der Waals surface area (Å²) in [6.07, 6.45) is -3.19. The van der Waals surface area contributed by atoms with Gasteiger partial charge in [-0.3, -0.25) is 15.0 Å². The Hall–Kier alpha value is -2.09. The molecule has 0 bridgehead atoms. The van der Waals surface area contributed by atoms with Crippen molar-refractivity contribution < 1.29 is 22.8 Å². The van der Waals surface area contributed by atoms with Gasteiger partial charge in [-0.25, -0.2) is 4.79 Å². The van der Waals surface area contributed by atoms with Crippen LogP contribution in [0.2, 0.25) is 0 Å². The summed E-state index contributed by atoms with van der Waals surface area (Å²) in [5.41, 5.74) is -0.506. The SMILES string of the molecule is CNC(=O)NC(=O)CN1CCC[C@H]1c1ccccc1C(F)(F)F. The number of likely N-dealkylation sites (tertiary alicyclic amines) is 1. The van der Waals surface area contributed by atoms with E-state index in [1.165, 1.54) is 19.2 Å². The fraction of sp³-hybridized carbons (Fsp3) is 0.467. The minimum Gasteiger partial charge on any atom is -0.341 e. The van der Waals surface area contributed by atoms with Crippen molar-refractivity contribution >= 4 is 11.9 Å². The highest BCUT2D eigenvalue weighted by molar-refractivity contribution is 5.95. The lowest BCUT2D eigenvalue weighted by Gasteiger charge is -2.26. The van der Waals surface area contributed by atoms with Crippen molar-refractivity contribution in [3.63, 3.8) is 0 Å². The van der Waals surface area contributed by atoms with E-state index in [1.54, 1.807) is 11.0 Å². The van der Waals surface area contributed by atoms with Crippen LogP contribution in [-0.4, -0.2) is 37.0 Å². The highest BCUT2D eigenvalue weighted by atomic mass is 19.4. The van der Waals surface area contributed by atoms with Crippen molar-refractivity contribution in [1.82, 2.24) is 15.5 Å². The number of imide groups is 1. The third kappa shape index (κ3) is 4.22. The molecule has 1 aromatic rings. The molecule has 5 nitrogen and oxygen atoms in total. The van der Waals surface area contributed by atoms with Gasteiger partial charge in [0.25, 0.3) is 0 Å². The minimum atomic E-state index is -4.44. The van der Waals surface area contributed by atoms with E-state index in [0.717, 1.165) is 6.07 Å². The van der Waals surface area contributed by atoms with Crippen molar-refractivity contribution in [3.8, 4) is 0 Å². The van der Waals surface area contributed by atoms with E-state index in [2.05, 4.69) is 10.6 Å². The molecule has 0 radical (unpaired) electrons. The molecule has 0 aliphatic carbocycles. The molecule has 8 heteroatoms. The van der Waals surface area contributed by atoms with Crippen molar-refractivity contribution in [1.29, 1.82) is 0 Å². The molecule has 0 spiro atoms. The van der Waals surface area contributed by atoms with Crippen LogP contribution in [0.5, 0.6) is 0 Å². The van der Waals surface area contributed by atoms with Crippen molar-refractivity contribution in [2.24, 2.45) is 0 Å². The van der Waals surface area contributed by atoms with Crippen LogP contribution in [0.4, 0.5) is 18.0 Å². The van der Waals surface area contributed by atoms with Gasteiger partial charge in [0, 0.05) is 13.1 Å². The average Bonchev–Trinajstić information content (AvgIpc) is 2.94. The zero-order chi connectivity index (χ0) is 17.0. The Morgan fingerprint density at radius 2 is 2.00 bits per heavy atom. The van der Waals surface area contributed by atoms with Crippen LogP contribution in [0.15, 0.2) is 24.3 Å². The first-order valence-corrected chi connectivity index (χ1v) is 7.24. The molecule has 23 heavy (non-hydrogen) atoms. The summed E-state index contributed by atoms with van der Waals surface area (Å²) in [6, 6.07) is 4.29. The van der Waals surface area contributed by atoms with Gasteiger partial charge in [-0.1, -0.05) is 18.2 Å². The van der Waals surface area contributed by atoms with Crippen LogP contribution < -0.4 is 10.6 Å². The van der Waals surface area contributed by atoms with Gasteiger partial charge in [-0.15, -0.1) is 0 Å². The van der Waals surface area contributed by atoms with Crippen LogP contribution in [0.25, 0.3) is 0 Å². The molecular formula is C15H18F3N3O2. The number of urea groups is 1. The summed E-state index contributed by atoms with van der Waals surface area (Å²) in [4.78, 5) is 24.6. The number of carbonyl (C=O) groups is 2. The average molecular weight is 329 g/mol. The lowest BCUT2D eigenvalue weighted by Crippen LogP contribution is -2.43. The molecule has 1 aliphatic heterocycles. The predicted octanol–water partition coefficient (Wildman–Crippen LogP) is 2.30. The maximum absolute atomic E-state index is 13.2. The first-order chi connectivity index (χ1) is 10.8. The second kappa shape index (κ2) is 6.99. The first kappa shape index (κ1) is 17.3. The smallest absolute Gasteiger partial charge is 0.341 e. The molecule has 0 aromatic heterocycles. The number of hydrogen-bond acceptors (Lipinski definition) is 3. The maximum atomic E-state index is 13.2. The zero-order valence-corrected chi connectivity index (χ0v) is 12.6. The molecule has 0 saturated carbocycles.